The van der Waals surface area contributed by atoms with Gasteiger partial charge in [0.2, 0.25) is 0 Å². The van der Waals surface area contributed by atoms with Crippen molar-refractivity contribution >= 4 is 5.91 Å². The third-order valence-electron chi connectivity index (χ3n) is 6.26. The van der Waals surface area contributed by atoms with Crippen LogP contribution in [0.1, 0.15) is 55.3 Å². The summed E-state index contributed by atoms with van der Waals surface area (Å²) in [7, 11) is 0. The molecular formula is C21H30N2O2. The molecule has 1 aliphatic carbocycles. The van der Waals surface area contributed by atoms with Crippen LogP contribution in [0.3, 0.4) is 0 Å². The average molecular weight is 342 g/mol. The van der Waals surface area contributed by atoms with Crippen molar-refractivity contribution in [2.75, 3.05) is 26.2 Å². The third-order valence-corrected chi connectivity index (χ3v) is 6.26. The van der Waals surface area contributed by atoms with E-state index < -0.39 is 0 Å². The van der Waals surface area contributed by atoms with E-state index in [4.69, 9.17) is 4.74 Å². The van der Waals surface area contributed by atoms with Crippen LogP contribution >= 0.6 is 0 Å². The van der Waals surface area contributed by atoms with E-state index in [9.17, 15) is 4.79 Å². The van der Waals surface area contributed by atoms with E-state index in [1.165, 1.54) is 19.3 Å². The Labute approximate surface area is 150 Å². The Bertz CT molecular complexity index is 566. The molecule has 2 saturated heterocycles. The Balaban J connectivity index is 1.35. The maximum absolute atomic E-state index is 12.8. The van der Waals surface area contributed by atoms with Gasteiger partial charge in [-0.25, -0.2) is 0 Å². The van der Waals surface area contributed by atoms with E-state index in [0.29, 0.717) is 6.10 Å². The second-order valence-corrected chi connectivity index (χ2v) is 7.95. The summed E-state index contributed by atoms with van der Waals surface area (Å²) in [6, 6.07) is 7.82. The molecule has 4 heteroatoms. The summed E-state index contributed by atoms with van der Waals surface area (Å²) < 4.78 is 6.07. The zero-order valence-electron chi connectivity index (χ0n) is 15.1. The minimum Gasteiger partial charge on any atom is -0.490 e. The van der Waals surface area contributed by atoms with Crippen LogP contribution in [-0.2, 0) is 0 Å². The lowest BCUT2D eigenvalue weighted by Gasteiger charge is -2.23. The topological polar surface area (TPSA) is 41.6 Å². The normalized spacial score (nSPS) is 27.6. The molecule has 1 N–H and O–H groups in total. The number of ether oxygens (including phenoxy) is 1. The number of hydrogen-bond donors (Lipinski definition) is 1. The number of rotatable bonds is 3. The lowest BCUT2D eigenvalue weighted by atomic mass is 9.92. The van der Waals surface area contributed by atoms with Crippen LogP contribution in [0, 0.1) is 11.8 Å². The first-order valence-electron chi connectivity index (χ1n) is 10.1. The van der Waals surface area contributed by atoms with Crippen molar-refractivity contribution in [1.29, 1.82) is 0 Å². The van der Waals surface area contributed by atoms with Gasteiger partial charge in [-0.1, -0.05) is 6.42 Å². The number of benzene rings is 1. The molecule has 3 fully saturated rings. The van der Waals surface area contributed by atoms with Gasteiger partial charge in [0, 0.05) is 18.7 Å². The van der Waals surface area contributed by atoms with Crippen LogP contribution in [0.15, 0.2) is 24.3 Å². The predicted octanol–water partition coefficient (Wildman–Crippen LogP) is 3.47. The largest absolute Gasteiger partial charge is 0.490 e. The highest BCUT2D eigenvalue weighted by Crippen LogP contribution is 2.28. The Kier molecular flexibility index (Phi) is 5.25. The quantitative estimate of drug-likeness (QED) is 0.914. The summed E-state index contributed by atoms with van der Waals surface area (Å²) in [6.07, 6.45) is 8.81. The Morgan fingerprint density at radius 1 is 0.920 bits per heavy atom. The van der Waals surface area contributed by atoms with Crippen LogP contribution in [0.4, 0.5) is 0 Å². The molecule has 1 saturated carbocycles. The predicted molar refractivity (Wildman–Crippen MR) is 98.9 cm³/mol. The standard InChI is InChI=1S/C21H30N2O2/c24-21(23-12-10-17-14-22-15-18(17)11-13-23)16-6-8-20(9-7-16)25-19-4-2-1-3-5-19/h6-9,17-19,22H,1-5,10-15H2/t17-,18+. The molecule has 1 aromatic rings. The highest BCUT2D eigenvalue weighted by Gasteiger charge is 2.31. The van der Waals surface area contributed by atoms with Crippen molar-refractivity contribution < 1.29 is 9.53 Å². The number of hydrogen-bond acceptors (Lipinski definition) is 3. The lowest BCUT2D eigenvalue weighted by Crippen LogP contribution is -2.32. The molecule has 0 unspecified atom stereocenters. The molecule has 2 aliphatic heterocycles. The van der Waals surface area contributed by atoms with E-state index in [1.807, 2.05) is 24.3 Å². The average Bonchev–Trinajstić information content (AvgIpc) is 3.01. The van der Waals surface area contributed by atoms with Gasteiger partial charge in [0.05, 0.1) is 6.10 Å². The molecular weight excluding hydrogens is 312 g/mol. The number of nitrogens with one attached hydrogen (secondary N) is 1. The van der Waals surface area contributed by atoms with Crippen molar-refractivity contribution in [2.24, 2.45) is 11.8 Å². The smallest absolute Gasteiger partial charge is 0.253 e. The van der Waals surface area contributed by atoms with Crippen molar-refractivity contribution in [2.45, 2.75) is 51.0 Å². The fourth-order valence-electron chi connectivity index (χ4n) is 4.66. The summed E-state index contributed by atoms with van der Waals surface area (Å²) in [5.74, 6) is 2.59. The van der Waals surface area contributed by atoms with E-state index in [1.54, 1.807) is 0 Å². The molecule has 1 aromatic carbocycles. The molecule has 2 atom stereocenters. The summed E-state index contributed by atoms with van der Waals surface area (Å²) in [6.45, 7) is 4.03. The number of amides is 1. The van der Waals surface area contributed by atoms with Gasteiger partial charge in [-0.2, -0.15) is 0 Å². The maximum atomic E-state index is 12.8. The molecule has 0 spiro atoms. The van der Waals surface area contributed by atoms with Crippen molar-refractivity contribution in [3.8, 4) is 5.75 Å². The number of carbonyl (C=O) groups is 1. The molecule has 0 aromatic heterocycles. The van der Waals surface area contributed by atoms with E-state index in [2.05, 4.69) is 10.2 Å². The van der Waals surface area contributed by atoms with Crippen molar-refractivity contribution in [1.82, 2.24) is 10.2 Å². The van der Waals surface area contributed by atoms with E-state index in [-0.39, 0.29) is 5.91 Å². The molecule has 2 heterocycles. The van der Waals surface area contributed by atoms with Crippen LogP contribution in [0.25, 0.3) is 0 Å². The molecule has 25 heavy (non-hydrogen) atoms. The zero-order chi connectivity index (χ0) is 17.1. The Morgan fingerprint density at radius 3 is 2.20 bits per heavy atom. The molecule has 4 rings (SSSR count). The highest BCUT2D eigenvalue weighted by atomic mass is 16.5. The summed E-state index contributed by atoms with van der Waals surface area (Å²) in [5, 5.41) is 3.49. The van der Waals surface area contributed by atoms with Crippen LogP contribution in [-0.4, -0.2) is 43.1 Å². The summed E-state index contributed by atoms with van der Waals surface area (Å²) >= 11 is 0. The van der Waals surface area contributed by atoms with Gasteiger partial charge in [0.1, 0.15) is 5.75 Å². The Morgan fingerprint density at radius 2 is 1.56 bits per heavy atom. The first-order chi connectivity index (χ1) is 12.3. The lowest BCUT2D eigenvalue weighted by molar-refractivity contribution is 0.0758. The summed E-state index contributed by atoms with van der Waals surface area (Å²) in [4.78, 5) is 14.9. The van der Waals surface area contributed by atoms with Gasteiger partial charge in [-0.3, -0.25) is 4.79 Å². The molecule has 136 valence electrons. The molecule has 3 aliphatic rings. The van der Waals surface area contributed by atoms with Gasteiger partial charge in [0.25, 0.3) is 5.91 Å². The van der Waals surface area contributed by atoms with Gasteiger partial charge >= 0.3 is 0 Å². The van der Waals surface area contributed by atoms with E-state index in [0.717, 1.165) is 75.0 Å². The van der Waals surface area contributed by atoms with Crippen LogP contribution in [0.5, 0.6) is 5.75 Å². The summed E-state index contributed by atoms with van der Waals surface area (Å²) in [5.41, 5.74) is 0.793. The zero-order valence-corrected chi connectivity index (χ0v) is 15.1. The number of fused-ring (bicyclic) bond motifs is 1. The second-order valence-electron chi connectivity index (χ2n) is 7.95. The highest BCUT2D eigenvalue weighted by molar-refractivity contribution is 5.94. The van der Waals surface area contributed by atoms with Crippen molar-refractivity contribution in [3.05, 3.63) is 29.8 Å². The molecule has 4 nitrogen and oxygen atoms in total. The maximum Gasteiger partial charge on any atom is 0.253 e. The number of nitrogens with zero attached hydrogens (tertiary/aromatic N) is 1. The van der Waals surface area contributed by atoms with Gasteiger partial charge in [0.15, 0.2) is 0 Å². The SMILES string of the molecule is O=C(c1ccc(OC2CCCCC2)cc1)N1CC[C@@H]2CNC[C@@H]2CC1. The monoisotopic (exact) mass is 342 g/mol. The minimum absolute atomic E-state index is 0.178. The molecule has 0 radical (unpaired) electrons. The molecule has 0 bridgehead atoms. The van der Waals surface area contributed by atoms with Gasteiger partial charge < -0.3 is 15.0 Å². The van der Waals surface area contributed by atoms with E-state index >= 15 is 0 Å². The van der Waals surface area contributed by atoms with Crippen LogP contribution < -0.4 is 10.1 Å². The van der Waals surface area contributed by atoms with Gasteiger partial charge in [-0.05, 0) is 87.7 Å². The number of carbonyl (C=O) groups excluding carboxylic acids is 1. The molecule has 1 amide bonds. The number of likely N-dealkylation sites (tertiary alicyclic amines) is 1. The fourth-order valence-corrected chi connectivity index (χ4v) is 4.66. The van der Waals surface area contributed by atoms with Crippen molar-refractivity contribution in [3.63, 3.8) is 0 Å². The first kappa shape index (κ1) is 16.9. The van der Waals surface area contributed by atoms with Crippen LogP contribution in [0.2, 0.25) is 0 Å². The van der Waals surface area contributed by atoms with Gasteiger partial charge in [-0.15, -0.1) is 0 Å². The second kappa shape index (κ2) is 7.77. The minimum atomic E-state index is 0.178. The fraction of sp³-hybridized carbons (Fsp3) is 0.667. The third kappa shape index (κ3) is 4.00. The Hall–Kier alpha value is -1.55. The first-order valence-corrected chi connectivity index (χ1v) is 10.1.